The van der Waals surface area contributed by atoms with Crippen LogP contribution < -0.4 is 15.5 Å². The van der Waals surface area contributed by atoms with Gasteiger partial charge in [-0.3, -0.25) is 5.43 Å². The maximum Gasteiger partial charge on any atom is 0.191 e. The summed E-state index contributed by atoms with van der Waals surface area (Å²) >= 11 is 16.9. The summed E-state index contributed by atoms with van der Waals surface area (Å²) in [7, 11) is 0. The van der Waals surface area contributed by atoms with E-state index >= 15 is 0 Å². The van der Waals surface area contributed by atoms with Crippen molar-refractivity contribution in [3.63, 3.8) is 0 Å². The van der Waals surface area contributed by atoms with Gasteiger partial charge in [-0.2, -0.15) is 10.4 Å². The average Bonchev–Trinajstić information content (AvgIpc) is 2.57. The van der Waals surface area contributed by atoms with Crippen LogP contribution in [0.15, 0.2) is 47.6 Å². The Hall–Kier alpha value is -2.33. The van der Waals surface area contributed by atoms with Crippen LogP contribution in [-0.4, -0.2) is 17.9 Å². The largest absolute Gasteiger partial charge is 0.479 e. The number of hydrogen-bond donors (Lipinski definition) is 2. The molecule has 0 heterocycles. The first-order chi connectivity index (χ1) is 11.6. The molecule has 0 bridgehead atoms. The fourth-order valence-electron chi connectivity index (χ4n) is 1.66. The molecule has 0 aliphatic heterocycles. The van der Waals surface area contributed by atoms with Gasteiger partial charge in [0, 0.05) is 5.69 Å². The van der Waals surface area contributed by atoms with Crippen molar-refractivity contribution in [3.8, 4) is 11.8 Å². The lowest BCUT2D eigenvalue weighted by atomic mass is 10.2. The highest BCUT2D eigenvalue weighted by molar-refractivity contribution is 7.80. The summed E-state index contributed by atoms with van der Waals surface area (Å²) in [4.78, 5) is 0. The van der Waals surface area contributed by atoms with E-state index in [1.165, 1.54) is 0 Å². The first kappa shape index (κ1) is 18.0. The second kappa shape index (κ2) is 9.08. The molecule has 0 aliphatic rings. The number of anilines is 1. The molecule has 8 heteroatoms. The molecular weight excluding hydrogens is 367 g/mol. The summed E-state index contributed by atoms with van der Waals surface area (Å²) < 4.78 is 5.17. The number of thiocarbonyl (C=S) groups is 1. The summed E-state index contributed by atoms with van der Waals surface area (Å²) in [5.74, 6) is 0.624. The molecule has 2 aromatic carbocycles. The maximum atomic E-state index is 8.45. The van der Waals surface area contributed by atoms with Gasteiger partial charge in [0.2, 0.25) is 0 Å². The highest BCUT2D eigenvalue weighted by atomic mass is 35.5. The van der Waals surface area contributed by atoms with Crippen molar-refractivity contribution in [1.29, 1.82) is 5.26 Å². The van der Waals surface area contributed by atoms with Gasteiger partial charge >= 0.3 is 0 Å². The standard InChI is InChI=1S/C16H12Cl2N4OS/c17-14-6-3-12(9-15(14)18)21-16(24)22-20-10-11-1-4-13(5-2-11)23-8-7-19/h1-6,9-10H,8H2,(H2,21,22,24)/b20-10-. The van der Waals surface area contributed by atoms with Crippen molar-refractivity contribution < 1.29 is 4.74 Å². The molecule has 2 rings (SSSR count). The molecule has 0 atom stereocenters. The molecule has 0 fully saturated rings. The molecule has 122 valence electrons. The highest BCUT2D eigenvalue weighted by Crippen LogP contribution is 2.24. The van der Waals surface area contributed by atoms with E-state index in [4.69, 9.17) is 45.4 Å². The van der Waals surface area contributed by atoms with Crippen molar-refractivity contribution in [3.05, 3.63) is 58.1 Å². The number of halogens is 2. The van der Waals surface area contributed by atoms with Gasteiger partial charge in [0.05, 0.1) is 16.3 Å². The van der Waals surface area contributed by atoms with Crippen molar-refractivity contribution in [1.82, 2.24) is 5.43 Å². The van der Waals surface area contributed by atoms with E-state index in [0.29, 0.717) is 26.6 Å². The van der Waals surface area contributed by atoms with Gasteiger partial charge in [-0.15, -0.1) is 0 Å². The molecule has 0 aromatic heterocycles. The monoisotopic (exact) mass is 378 g/mol. The number of nitrogens with zero attached hydrogens (tertiary/aromatic N) is 2. The van der Waals surface area contributed by atoms with Crippen LogP contribution in [0.2, 0.25) is 10.0 Å². The second-order valence-corrected chi connectivity index (χ2v) is 5.69. The molecule has 0 unspecified atom stereocenters. The average molecular weight is 379 g/mol. The van der Waals surface area contributed by atoms with Crippen LogP contribution in [0.1, 0.15) is 5.56 Å². The van der Waals surface area contributed by atoms with Gasteiger partial charge in [-0.25, -0.2) is 0 Å². The SMILES string of the molecule is N#CCOc1ccc(/C=N\NC(=S)Nc2ccc(Cl)c(Cl)c2)cc1. The molecule has 5 nitrogen and oxygen atoms in total. The summed E-state index contributed by atoms with van der Waals surface area (Å²) in [6.07, 6.45) is 1.61. The van der Waals surface area contributed by atoms with Crippen LogP contribution in [0.25, 0.3) is 0 Å². The molecule has 2 N–H and O–H groups in total. The molecule has 24 heavy (non-hydrogen) atoms. The molecule has 0 saturated carbocycles. The van der Waals surface area contributed by atoms with E-state index in [2.05, 4.69) is 15.8 Å². The normalized spacial score (nSPS) is 10.2. The van der Waals surface area contributed by atoms with Gasteiger partial charge in [-0.05, 0) is 60.2 Å². The van der Waals surface area contributed by atoms with Crippen molar-refractivity contribution in [2.24, 2.45) is 5.10 Å². The fourth-order valence-corrected chi connectivity index (χ4v) is 2.13. The Kier molecular flexibility index (Phi) is 6.82. The fraction of sp³-hybridized carbons (Fsp3) is 0.0625. The van der Waals surface area contributed by atoms with Crippen LogP contribution in [-0.2, 0) is 0 Å². The van der Waals surface area contributed by atoms with E-state index < -0.39 is 0 Å². The van der Waals surface area contributed by atoms with Gasteiger partial charge in [-0.1, -0.05) is 23.2 Å². The Morgan fingerprint density at radius 2 is 1.96 bits per heavy atom. The lowest BCUT2D eigenvalue weighted by molar-refractivity contribution is 0.368. The minimum absolute atomic E-state index is 0.0175. The zero-order valence-corrected chi connectivity index (χ0v) is 14.6. The van der Waals surface area contributed by atoms with Gasteiger partial charge in [0.25, 0.3) is 0 Å². The topological polar surface area (TPSA) is 69.4 Å². The third-order valence-corrected chi connectivity index (χ3v) is 3.67. The lowest BCUT2D eigenvalue weighted by Crippen LogP contribution is -2.23. The molecule has 2 aromatic rings. The van der Waals surface area contributed by atoms with Crippen LogP contribution in [0.3, 0.4) is 0 Å². The third kappa shape index (κ3) is 5.70. The summed E-state index contributed by atoms with van der Waals surface area (Å²) in [6.45, 7) is 0.0175. The van der Waals surface area contributed by atoms with Gasteiger partial charge < -0.3 is 10.1 Å². The number of rotatable bonds is 5. The molecule has 0 saturated heterocycles. The van der Waals surface area contributed by atoms with E-state index in [1.807, 2.05) is 18.2 Å². The predicted molar refractivity (Wildman–Crippen MR) is 101 cm³/mol. The predicted octanol–water partition coefficient (Wildman–Crippen LogP) is 4.22. The summed E-state index contributed by atoms with van der Waals surface area (Å²) in [6, 6.07) is 14.1. The van der Waals surface area contributed by atoms with Crippen molar-refractivity contribution in [2.45, 2.75) is 0 Å². The van der Waals surface area contributed by atoms with Gasteiger partial charge in [0.1, 0.15) is 11.8 Å². The van der Waals surface area contributed by atoms with Crippen LogP contribution >= 0.6 is 35.4 Å². The number of benzene rings is 2. The van der Waals surface area contributed by atoms with Gasteiger partial charge in [0.15, 0.2) is 11.7 Å². The third-order valence-electron chi connectivity index (χ3n) is 2.74. The Morgan fingerprint density at radius 3 is 2.62 bits per heavy atom. The Balaban J connectivity index is 1.85. The Labute approximate surface area is 154 Å². The van der Waals surface area contributed by atoms with Crippen LogP contribution in [0, 0.1) is 11.3 Å². The number of ether oxygens (including phenoxy) is 1. The highest BCUT2D eigenvalue weighted by Gasteiger charge is 2.01. The molecule has 0 spiro atoms. The van der Waals surface area contributed by atoms with Crippen molar-refractivity contribution in [2.75, 3.05) is 11.9 Å². The zero-order chi connectivity index (χ0) is 17.4. The minimum atomic E-state index is 0.0175. The molecule has 0 radical (unpaired) electrons. The summed E-state index contributed by atoms with van der Waals surface area (Å²) in [5.41, 5.74) is 4.26. The second-order valence-electron chi connectivity index (χ2n) is 4.47. The smallest absolute Gasteiger partial charge is 0.191 e. The zero-order valence-electron chi connectivity index (χ0n) is 12.3. The van der Waals surface area contributed by atoms with Crippen molar-refractivity contribution >= 4 is 52.4 Å². The van der Waals surface area contributed by atoms with E-state index in [9.17, 15) is 0 Å². The number of nitriles is 1. The maximum absolute atomic E-state index is 8.45. The van der Waals surface area contributed by atoms with Crippen LogP contribution in [0.5, 0.6) is 5.75 Å². The quantitative estimate of drug-likeness (QED) is 0.463. The van der Waals surface area contributed by atoms with E-state index in [1.54, 1.807) is 36.5 Å². The molecule has 0 amide bonds. The van der Waals surface area contributed by atoms with E-state index in [-0.39, 0.29) is 6.61 Å². The molecular formula is C16H12Cl2N4OS. The Bertz CT molecular complexity index is 788. The lowest BCUT2D eigenvalue weighted by Gasteiger charge is -2.07. The minimum Gasteiger partial charge on any atom is -0.479 e. The van der Waals surface area contributed by atoms with Crippen LogP contribution in [0.4, 0.5) is 5.69 Å². The molecule has 0 aliphatic carbocycles. The number of hydrazone groups is 1. The number of hydrogen-bond acceptors (Lipinski definition) is 4. The summed E-state index contributed by atoms with van der Waals surface area (Å²) in [5, 5.41) is 16.7. The Morgan fingerprint density at radius 1 is 1.21 bits per heavy atom. The number of nitrogens with one attached hydrogen (secondary N) is 2. The van der Waals surface area contributed by atoms with E-state index in [0.717, 1.165) is 5.56 Å². The first-order valence-electron chi connectivity index (χ1n) is 6.73. The first-order valence-corrected chi connectivity index (χ1v) is 7.90.